The van der Waals surface area contributed by atoms with E-state index in [2.05, 4.69) is 4.18 Å². The van der Waals surface area contributed by atoms with E-state index in [9.17, 15) is 13.2 Å². The fourth-order valence-corrected chi connectivity index (χ4v) is 1.14. The van der Waals surface area contributed by atoms with Crippen molar-refractivity contribution < 1.29 is 17.4 Å². The molecule has 1 aromatic carbocycles. The molecular formula is C8H8O4S. The second-order valence-electron chi connectivity index (χ2n) is 2.36. The van der Waals surface area contributed by atoms with E-state index in [1.54, 1.807) is 24.3 Å². The molecule has 0 bridgehead atoms. The molecule has 1 aromatic rings. The Labute approximate surface area is 77.3 Å². The smallest absolute Gasteiger partial charge is 0.257 e. The van der Waals surface area contributed by atoms with Crippen LogP contribution in [0.1, 0.15) is 15.9 Å². The lowest BCUT2D eigenvalue weighted by Crippen LogP contribution is -1.91. The van der Waals surface area contributed by atoms with E-state index in [0.717, 1.165) is 0 Å². The maximum atomic E-state index is 10.3. The number of aldehydes is 1. The van der Waals surface area contributed by atoms with Crippen molar-refractivity contribution in [3.63, 3.8) is 0 Å². The van der Waals surface area contributed by atoms with Crippen molar-refractivity contribution in [1.82, 2.24) is 0 Å². The van der Waals surface area contributed by atoms with Gasteiger partial charge in [-0.15, -0.1) is 0 Å². The summed E-state index contributed by atoms with van der Waals surface area (Å²) in [5.41, 5.74) is 1.16. The average Bonchev–Trinajstić information content (AvgIpc) is 2.15. The van der Waals surface area contributed by atoms with Crippen LogP contribution in [0.5, 0.6) is 0 Å². The van der Waals surface area contributed by atoms with Crippen LogP contribution >= 0.6 is 0 Å². The van der Waals surface area contributed by atoms with Crippen LogP contribution in [0.4, 0.5) is 0 Å². The molecule has 0 atom stereocenters. The number of rotatable bonds is 4. The first-order valence-corrected chi connectivity index (χ1v) is 4.63. The zero-order chi connectivity index (χ0) is 9.68. The number of hydrogen-bond acceptors (Lipinski definition) is 4. The molecule has 0 fully saturated rings. The summed E-state index contributed by atoms with van der Waals surface area (Å²) in [5.74, 6) is 0. The molecule has 0 heterocycles. The molecule has 0 aliphatic carbocycles. The maximum Gasteiger partial charge on any atom is 0.257 e. The number of benzene rings is 1. The molecule has 0 aliphatic heterocycles. The van der Waals surface area contributed by atoms with E-state index in [4.69, 9.17) is 0 Å². The fourth-order valence-electron chi connectivity index (χ4n) is 0.883. The molecule has 0 spiro atoms. The van der Waals surface area contributed by atoms with Gasteiger partial charge in [-0.05, 0) is 11.6 Å². The lowest BCUT2D eigenvalue weighted by Gasteiger charge is -1.97. The van der Waals surface area contributed by atoms with Crippen LogP contribution in [0.2, 0.25) is 0 Å². The van der Waals surface area contributed by atoms with Crippen LogP contribution in [-0.2, 0) is 21.8 Å². The van der Waals surface area contributed by atoms with Gasteiger partial charge < -0.3 is 0 Å². The molecule has 0 amide bonds. The Morgan fingerprint density at radius 3 is 2.77 bits per heavy atom. The summed E-state index contributed by atoms with van der Waals surface area (Å²) in [6.07, 6.45) is 0.695. The van der Waals surface area contributed by atoms with E-state index in [1.807, 2.05) is 0 Å². The summed E-state index contributed by atoms with van der Waals surface area (Å²) in [6.45, 7) is -0.0274. The van der Waals surface area contributed by atoms with Gasteiger partial charge in [-0.1, -0.05) is 18.2 Å². The minimum Gasteiger partial charge on any atom is -0.298 e. The summed E-state index contributed by atoms with van der Waals surface area (Å²) in [4.78, 5) is 10.3. The molecule has 0 saturated carbocycles. The van der Waals surface area contributed by atoms with Gasteiger partial charge >= 0.3 is 0 Å². The van der Waals surface area contributed by atoms with Gasteiger partial charge in [-0.3, -0.25) is 8.98 Å². The predicted molar refractivity (Wildman–Crippen MR) is 46.9 cm³/mol. The summed E-state index contributed by atoms with van der Waals surface area (Å²) in [6, 6.07) is 6.56. The van der Waals surface area contributed by atoms with Crippen molar-refractivity contribution >= 4 is 17.3 Å². The van der Waals surface area contributed by atoms with Crippen molar-refractivity contribution in [2.24, 2.45) is 0 Å². The first kappa shape index (κ1) is 9.88. The monoisotopic (exact) mass is 200 g/mol. The summed E-state index contributed by atoms with van der Waals surface area (Å²) in [7, 11) is -2.83. The molecule has 0 aliphatic rings. The highest BCUT2D eigenvalue weighted by Gasteiger charge is 1.95. The molecule has 0 saturated heterocycles. The molecule has 1 rings (SSSR count). The molecule has 5 heteroatoms. The Bertz CT molecular complexity index is 362. The zero-order valence-corrected chi connectivity index (χ0v) is 7.57. The van der Waals surface area contributed by atoms with Crippen LogP contribution in [0.3, 0.4) is 0 Å². The van der Waals surface area contributed by atoms with Crippen molar-refractivity contribution in [3.05, 3.63) is 35.4 Å². The van der Waals surface area contributed by atoms with Crippen molar-refractivity contribution in [1.29, 1.82) is 0 Å². The first-order valence-electron chi connectivity index (χ1n) is 3.54. The lowest BCUT2D eigenvalue weighted by molar-refractivity contribution is 0.112. The van der Waals surface area contributed by atoms with Gasteiger partial charge in [0.15, 0.2) is 0 Å². The van der Waals surface area contributed by atoms with Crippen LogP contribution in [0.15, 0.2) is 24.3 Å². The Morgan fingerprint density at radius 1 is 1.38 bits per heavy atom. The van der Waals surface area contributed by atoms with Gasteiger partial charge in [0.05, 0.1) is 6.61 Å². The van der Waals surface area contributed by atoms with Gasteiger partial charge in [0, 0.05) is 5.56 Å². The average molecular weight is 200 g/mol. The van der Waals surface area contributed by atoms with E-state index < -0.39 is 11.0 Å². The minimum absolute atomic E-state index is 0.0274. The SMILES string of the molecule is O=Cc1cccc(CO[SH](=O)=O)c1. The van der Waals surface area contributed by atoms with Gasteiger partial charge in [0.25, 0.3) is 11.0 Å². The standard InChI is InChI=1S/C8H8O4S/c9-5-7-2-1-3-8(4-7)6-12-13(10)11/h1-5,13H,6H2. The van der Waals surface area contributed by atoms with Gasteiger partial charge in [0.1, 0.15) is 6.29 Å². The zero-order valence-electron chi connectivity index (χ0n) is 6.67. The third-order valence-electron chi connectivity index (χ3n) is 1.42. The number of hydrogen-bond donors (Lipinski definition) is 1. The maximum absolute atomic E-state index is 10.3. The highest BCUT2D eigenvalue weighted by molar-refractivity contribution is 7.67. The van der Waals surface area contributed by atoms with E-state index in [0.29, 0.717) is 17.4 Å². The Morgan fingerprint density at radius 2 is 2.15 bits per heavy atom. The minimum atomic E-state index is -2.83. The second-order valence-corrected chi connectivity index (χ2v) is 3.07. The number of thiol groups is 1. The Balaban J connectivity index is 2.71. The molecule has 0 unspecified atom stereocenters. The van der Waals surface area contributed by atoms with E-state index in [1.165, 1.54) is 0 Å². The quantitative estimate of drug-likeness (QED) is 0.569. The van der Waals surface area contributed by atoms with Gasteiger partial charge in [-0.2, -0.15) is 0 Å². The topological polar surface area (TPSA) is 60.4 Å². The van der Waals surface area contributed by atoms with Crippen LogP contribution in [0.25, 0.3) is 0 Å². The summed E-state index contributed by atoms with van der Waals surface area (Å²) < 4.78 is 24.5. The number of carbonyl (C=O) groups excluding carboxylic acids is 1. The van der Waals surface area contributed by atoms with Crippen molar-refractivity contribution in [2.45, 2.75) is 6.61 Å². The van der Waals surface area contributed by atoms with E-state index in [-0.39, 0.29) is 6.61 Å². The normalized spacial score (nSPS) is 10.2. The number of carbonyl (C=O) groups is 1. The van der Waals surface area contributed by atoms with Gasteiger partial charge in [-0.25, -0.2) is 8.42 Å². The largest absolute Gasteiger partial charge is 0.298 e. The molecule has 4 nitrogen and oxygen atoms in total. The molecule has 0 aromatic heterocycles. The van der Waals surface area contributed by atoms with Gasteiger partial charge in [0.2, 0.25) is 0 Å². The fraction of sp³-hybridized carbons (Fsp3) is 0.125. The third kappa shape index (κ3) is 3.35. The highest BCUT2D eigenvalue weighted by atomic mass is 32.2. The lowest BCUT2D eigenvalue weighted by atomic mass is 10.1. The molecular weight excluding hydrogens is 192 g/mol. The Kier molecular flexibility index (Phi) is 3.60. The molecule has 0 N–H and O–H groups in total. The van der Waals surface area contributed by atoms with Crippen LogP contribution in [0, 0.1) is 0 Å². The van der Waals surface area contributed by atoms with Crippen LogP contribution < -0.4 is 0 Å². The highest BCUT2D eigenvalue weighted by Crippen LogP contribution is 2.04. The summed E-state index contributed by atoms with van der Waals surface area (Å²) in [5, 5.41) is 0. The molecule has 70 valence electrons. The predicted octanol–water partition coefficient (Wildman–Crippen LogP) is 0.542. The van der Waals surface area contributed by atoms with Crippen molar-refractivity contribution in [3.8, 4) is 0 Å². The molecule has 0 radical (unpaired) electrons. The molecule has 13 heavy (non-hydrogen) atoms. The van der Waals surface area contributed by atoms with Crippen LogP contribution in [-0.4, -0.2) is 14.7 Å². The summed E-state index contributed by atoms with van der Waals surface area (Å²) >= 11 is 0. The third-order valence-corrected chi connectivity index (χ3v) is 1.76. The van der Waals surface area contributed by atoms with Crippen molar-refractivity contribution in [2.75, 3.05) is 0 Å². The Hall–Kier alpha value is -1.20. The van der Waals surface area contributed by atoms with E-state index >= 15 is 0 Å². The second kappa shape index (κ2) is 4.74. The first-order chi connectivity index (χ1) is 6.22.